The van der Waals surface area contributed by atoms with Crippen LogP contribution in [0.4, 0.5) is 0 Å². The van der Waals surface area contributed by atoms with Gasteiger partial charge in [-0.1, -0.05) is 35.4 Å². The van der Waals surface area contributed by atoms with Crippen molar-refractivity contribution >= 4 is 0 Å². The van der Waals surface area contributed by atoms with Gasteiger partial charge < -0.3 is 4.90 Å². The highest BCUT2D eigenvalue weighted by Crippen LogP contribution is 2.08. The van der Waals surface area contributed by atoms with Crippen LogP contribution in [0.1, 0.15) is 5.56 Å². The largest absolute Gasteiger partial charge is 0.301 e. The van der Waals surface area contributed by atoms with E-state index < -0.39 is 0 Å². The molecule has 1 heterocycles. The lowest BCUT2D eigenvalue weighted by atomic mass is 10.2. The quantitative estimate of drug-likeness (QED) is 0.453. The highest BCUT2D eigenvalue weighted by atomic mass is 15.3. The lowest BCUT2D eigenvalue weighted by molar-refractivity contribution is 0.130. The van der Waals surface area contributed by atoms with E-state index in [1.165, 1.54) is 5.56 Å². The highest BCUT2D eigenvalue weighted by Gasteiger charge is 2.15. The van der Waals surface area contributed by atoms with Gasteiger partial charge in [0.2, 0.25) is 0 Å². The van der Waals surface area contributed by atoms with Gasteiger partial charge in [0.05, 0.1) is 0 Å². The predicted octanol–water partition coefficient (Wildman–Crippen LogP) is 2.11. The maximum absolute atomic E-state index is 8.23. The molecule has 1 saturated heterocycles. The minimum atomic E-state index is 0.579. The van der Waals surface area contributed by atoms with Crippen molar-refractivity contribution in [1.29, 1.82) is 0 Å². The molecule has 1 aliphatic rings. The minimum Gasteiger partial charge on any atom is -0.301 e. The van der Waals surface area contributed by atoms with E-state index in [4.69, 9.17) is 5.53 Å². The molecule has 0 unspecified atom stereocenters. The van der Waals surface area contributed by atoms with E-state index in [2.05, 4.69) is 50.2 Å². The molecule has 0 radical (unpaired) electrons. The Hall–Kier alpha value is -1.55. The summed E-state index contributed by atoms with van der Waals surface area (Å²) in [5.74, 6) is 0. The zero-order valence-corrected chi connectivity index (χ0v) is 10.6. The van der Waals surface area contributed by atoms with Crippen molar-refractivity contribution < 1.29 is 0 Å². The minimum absolute atomic E-state index is 0.579. The maximum Gasteiger partial charge on any atom is 0.0385 e. The smallest absolute Gasteiger partial charge is 0.0385 e. The molecule has 1 fully saturated rings. The average Bonchev–Trinajstić information content (AvgIpc) is 2.42. The number of piperazine rings is 1. The molecular weight excluding hydrogens is 226 g/mol. The zero-order valence-electron chi connectivity index (χ0n) is 10.6. The lowest BCUT2D eigenvalue weighted by Crippen LogP contribution is -2.46. The Labute approximate surface area is 108 Å². The van der Waals surface area contributed by atoms with Crippen LogP contribution in [-0.4, -0.2) is 49.1 Å². The summed E-state index contributed by atoms with van der Waals surface area (Å²) in [5.41, 5.74) is 9.61. The van der Waals surface area contributed by atoms with Crippen LogP contribution in [0.15, 0.2) is 35.4 Å². The van der Waals surface area contributed by atoms with E-state index in [1.807, 2.05) is 0 Å². The van der Waals surface area contributed by atoms with Crippen LogP contribution >= 0.6 is 0 Å². The third kappa shape index (κ3) is 4.04. The fourth-order valence-electron chi connectivity index (χ4n) is 2.24. The summed E-state index contributed by atoms with van der Waals surface area (Å²) in [6.07, 6.45) is 0. The molecule has 1 aromatic rings. The Morgan fingerprint density at radius 3 is 2.39 bits per heavy atom. The topological polar surface area (TPSA) is 55.2 Å². The van der Waals surface area contributed by atoms with E-state index in [0.717, 1.165) is 39.3 Å². The molecule has 0 N–H and O–H groups in total. The Morgan fingerprint density at radius 2 is 1.72 bits per heavy atom. The number of azide groups is 1. The zero-order chi connectivity index (χ0) is 12.6. The second kappa shape index (κ2) is 7.01. The molecule has 0 spiro atoms. The van der Waals surface area contributed by atoms with Gasteiger partial charge in [-0.25, -0.2) is 0 Å². The summed E-state index contributed by atoms with van der Waals surface area (Å²) in [4.78, 5) is 7.61. The van der Waals surface area contributed by atoms with E-state index in [9.17, 15) is 0 Å². The Bertz CT molecular complexity index is 391. The van der Waals surface area contributed by atoms with Crippen molar-refractivity contribution in [2.24, 2.45) is 5.11 Å². The third-order valence-corrected chi connectivity index (χ3v) is 3.29. The second-order valence-electron chi connectivity index (χ2n) is 4.56. The Morgan fingerprint density at radius 1 is 1.06 bits per heavy atom. The molecule has 0 aliphatic carbocycles. The van der Waals surface area contributed by atoms with Crippen molar-refractivity contribution in [3.63, 3.8) is 0 Å². The number of rotatable bonds is 5. The number of nitrogens with zero attached hydrogens (tertiary/aromatic N) is 5. The molecule has 5 heteroatoms. The molecule has 1 aromatic carbocycles. The van der Waals surface area contributed by atoms with Gasteiger partial charge in [-0.2, -0.15) is 0 Å². The SMILES string of the molecule is [N-]=[N+]=NCCN1CCN(Cc2ccccc2)CC1. The molecule has 1 aliphatic heterocycles. The van der Waals surface area contributed by atoms with Gasteiger partial charge in [-0.3, -0.25) is 4.90 Å². The van der Waals surface area contributed by atoms with Crippen LogP contribution in [-0.2, 0) is 6.54 Å². The predicted molar refractivity (Wildman–Crippen MR) is 72.2 cm³/mol. The van der Waals surface area contributed by atoms with Gasteiger partial charge >= 0.3 is 0 Å². The summed E-state index contributed by atoms with van der Waals surface area (Å²) in [6.45, 7) is 6.79. The number of hydrogen-bond donors (Lipinski definition) is 0. The van der Waals surface area contributed by atoms with Crippen LogP contribution in [0.25, 0.3) is 10.4 Å². The van der Waals surface area contributed by atoms with Crippen molar-refractivity contribution in [1.82, 2.24) is 9.80 Å². The van der Waals surface area contributed by atoms with Crippen molar-refractivity contribution in [3.05, 3.63) is 46.3 Å². The monoisotopic (exact) mass is 245 g/mol. The number of hydrogen-bond acceptors (Lipinski definition) is 3. The Kier molecular flexibility index (Phi) is 5.02. The second-order valence-corrected chi connectivity index (χ2v) is 4.56. The van der Waals surface area contributed by atoms with Crippen LogP contribution in [0.5, 0.6) is 0 Å². The van der Waals surface area contributed by atoms with Gasteiger partial charge in [0.1, 0.15) is 0 Å². The molecule has 96 valence electrons. The molecular formula is C13H19N5. The van der Waals surface area contributed by atoms with Crippen molar-refractivity contribution in [2.75, 3.05) is 39.3 Å². The van der Waals surface area contributed by atoms with Crippen molar-refractivity contribution in [3.8, 4) is 0 Å². The van der Waals surface area contributed by atoms with Crippen LogP contribution in [0, 0.1) is 0 Å². The van der Waals surface area contributed by atoms with Crippen LogP contribution < -0.4 is 0 Å². The van der Waals surface area contributed by atoms with Gasteiger partial charge in [0, 0.05) is 50.7 Å². The lowest BCUT2D eigenvalue weighted by Gasteiger charge is -2.34. The summed E-state index contributed by atoms with van der Waals surface area (Å²) < 4.78 is 0. The molecule has 0 atom stereocenters. The molecule has 2 rings (SSSR count). The Balaban J connectivity index is 1.72. The van der Waals surface area contributed by atoms with Gasteiger partial charge in [-0.15, -0.1) is 0 Å². The highest BCUT2D eigenvalue weighted by molar-refractivity contribution is 5.14. The van der Waals surface area contributed by atoms with E-state index >= 15 is 0 Å². The van der Waals surface area contributed by atoms with Gasteiger partial charge in [0.15, 0.2) is 0 Å². The summed E-state index contributed by atoms with van der Waals surface area (Å²) in [5, 5.41) is 3.58. The first-order valence-electron chi connectivity index (χ1n) is 6.38. The van der Waals surface area contributed by atoms with E-state index in [0.29, 0.717) is 6.54 Å². The standard InChI is InChI=1S/C13H19N5/c14-16-15-6-7-17-8-10-18(11-9-17)12-13-4-2-1-3-5-13/h1-5H,6-12H2. The first-order valence-corrected chi connectivity index (χ1v) is 6.38. The molecule has 0 saturated carbocycles. The summed E-state index contributed by atoms with van der Waals surface area (Å²) in [6, 6.07) is 10.6. The summed E-state index contributed by atoms with van der Waals surface area (Å²) >= 11 is 0. The molecule has 0 amide bonds. The average molecular weight is 245 g/mol. The van der Waals surface area contributed by atoms with Crippen LogP contribution in [0.2, 0.25) is 0 Å². The van der Waals surface area contributed by atoms with Crippen LogP contribution in [0.3, 0.4) is 0 Å². The third-order valence-electron chi connectivity index (χ3n) is 3.29. The molecule has 18 heavy (non-hydrogen) atoms. The van der Waals surface area contributed by atoms with E-state index in [1.54, 1.807) is 0 Å². The van der Waals surface area contributed by atoms with E-state index in [-0.39, 0.29) is 0 Å². The number of benzene rings is 1. The molecule has 0 aromatic heterocycles. The molecule has 5 nitrogen and oxygen atoms in total. The maximum atomic E-state index is 8.23. The van der Waals surface area contributed by atoms with Gasteiger partial charge in [0.25, 0.3) is 0 Å². The van der Waals surface area contributed by atoms with Gasteiger partial charge in [-0.05, 0) is 11.1 Å². The first-order chi connectivity index (χ1) is 8.88. The summed E-state index contributed by atoms with van der Waals surface area (Å²) in [7, 11) is 0. The fraction of sp³-hybridized carbons (Fsp3) is 0.538. The normalized spacial score (nSPS) is 17.3. The molecule has 0 bridgehead atoms. The first kappa shape index (κ1) is 12.9. The fourth-order valence-corrected chi connectivity index (χ4v) is 2.24. The van der Waals surface area contributed by atoms with Crippen molar-refractivity contribution in [2.45, 2.75) is 6.54 Å².